The van der Waals surface area contributed by atoms with Gasteiger partial charge in [-0.1, -0.05) is 13.8 Å². The maximum Gasteiger partial charge on any atom is 0.157 e. The molecule has 1 aliphatic carbocycles. The second-order valence-electron chi connectivity index (χ2n) is 5.69. The lowest BCUT2D eigenvalue weighted by atomic mass is 9.79. The number of benzene rings is 1. The first-order valence-electron chi connectivity index (χ1n) is 6.20. The zero-order valence-corrected chi connectivity index (χ0v) is 11.2. The summed E-state index contributed by atoms with van der Waals surface area (Å²) in [5, 5.41) is 12.0. The van der Waals surface area contributed by atoms with E-state index < -0.39 is 0 Å². The summed E-state index contributed by atoms with van der Waals surface area (Å²) < 4.78 is 0. The Morgan fingerprint density at radius 2 is 2.11 bits per heavy atom. The summed E-state index contributed by atoms with van der Waals surface area (Å²) in [5.74, 6) is 0.131. The van der Waals surface area contributed by atoms with Crippen molar-refractivity contribution in [3.63, 3.8) is 0 Å². The number of hydrogen-bond donors (Lipinski definition) is 2. The van der Waals surface area contributed by atoms with Gasteiger partial charge in [-0.25, -0.2) is 0 Å². The highest BCUT2D eigenvalue weighted by Crippen LogP contribution is 2.34. The molecule has 4 heteroatoms. The van der Waals surface area contributed by atoms with Gasteiger partial charge in [-0.15, -0.1) is 0 Å². The fourth-order valence-corrected chi connectivity index (χ4v) is 2.35. The predicted molar refractivity (Wildman–Crippen MR) is 75.3 cm³/mol. The summed E-state index contributed by atoms with van der Waals surface area (Å²) in [4.78, 5) is 11.7. The molecular weight excluding hydrogens is 238 g/mol. The number of carbonyl (C=O) groups is 1. The van der Waals surface area contributed by atoms with Crippen molar-refractivity contribution in [2.75, 3.05) is 11.1 Å². The van der Waals surface area contributed by atoms with Gasteiger partial charge in [0, 0.05) is 18.2 Å². The lowest BCUT2D eigenvalue weighted by Crippen LogP contribution is -2.24. The fourth-order valence-electron chi connectivity index (χ4n) is 2.35. The molecule has 1 aliphatic rings. The lowest BCUT2D eigenvalue weighted by Gasteiger charge is -2.29. The highest BCUT2D eigenvalue weighted by Gasteiger charge is 2.27. The first kappa shape index (κ1) is 13.2. The van der Waals surface area contributed by atoms with Crippen LogP contribution in [0.3, 0.4) is 0 Å². The molecule has 0 fully saturated rings. The third-order valence-corrected chi connectivity index (χ3v) is 3.13. The van der Waals surface area contributed by atoms with Crippen molar-refractivity contribution in [1.82, 2.24) is 0 Å². The molecule has 0 unspecified atom stereocenters. The average molecular weight is 255 g/mol. The summed E-state index contributed by atoms with van der Waals surface area (Å²) in [7, 11) is 0. The maximum atomic E-state index is 11.7. The Hall–Kier alpha value is -2.28. The van der Waals surface area contributed by atoms with Crippen LogP contribution in [-0.4, -0.2) is 5.78 Å². The van der Waals surface area contributed by atoms with E-state index in [9.17, 15) is 4.79 Å². The quantitative estimate of drug-likeness (QED) is 0.796. The van der Waals surface area contributed by atoms with Crippen LogP contribution in [0.1, 0.15) is 32.3 Å². The van der Waals surface area contributed by atoms with Crippen LogP contribution in [0.4, 0.5) is 11.4 Å². The van der Waals surface area contributed by atoms with Crippen LogP contribution in [0.5, 0.6) is 0 Å². The molecule has 0 radical (unpaired) electrons. The minimum atomic E-state index is -0.0322. The van der Waals surface area contributed by atoms with Crippen molar-refractivity contribution < 1.29 is 4.79 Å². The summed E-state index contributed by atoms with van der Waals surface area (Å²) >= 11 is 0. The number of nitrogen functional groups attached to an aromatic ring is 1. The molecule has 0 saturated heterocycles. The Morgan fingerprint density at radius 1 is 1.37 bits per heavy atom. The Balaban J connectivity index is 2.22. The van der Waals surface area contributed by atoms with Gasteiger partial charge in [0.05, 0.1) is 23.0 Å². The number of anilines is 2. The summed E-state index contributed by atoms with van der Waals surface area (Å²) in [6.45, 7) is 4.14. The van der Waals surface area contributed by atoms with Crippen LogP contribution < -0.4 is 11.1 Å². The second kappa shape index (κ2) is 4.77. The summed E-state index contributed by atoms with van der Waals surface area (Å²) in [5.41, 5.74) is 8.50. The number of carbonyl (C=O) groups excluding carboxylic acids is 1. The molecule has 0 aromatic heterocycles. The van der Waals surface area contributed by atoms with E-state index in [0.717, 1.165) is 17.8 Å². The number of nitrogens with one attached hydrogen (secondary N) is 1. The fraction of sp³-hybridized carbons (Fsp3) is 0.333. The van der Waals surface area contributed by atoms with Gasteiger partial charge in [-0.3, -0.25) is 4.79 Å². The molecule has 0 atom stereocenters. The highest BCUT2D eigenvalue weighted by molar-refractivity contribution is 5.92. The molecule has 0 saturated carbocycles. The van der Waals surface area contributed by atoms with E-state index in [1.165, 1.54) is 0 Å². The van der Waals surface area contributed by atoms with Crippen molar-refractivity contribution >= 4 is 17.2 Å². The van der Waals surface area contributed by atoms with Crippen molar-refractivity contribution in [1.29, 1.82) is 5.26 Å². The molecule has 0 spiro atoms. The average Bonchev–Trinajstić information content (AvgIpc) is 2.29. The molecule has 1 aromatic carbocycles. The van der Waals surface area contributed by atoms with Crippen LogP contribution in [0, 0.1) is 16.7 Å². The third-order valence-electron chi connectivity index (χ3n) is 3.13. The molecule has 4 nitrogen and oxygen atoms in total. The first-order valence-corrected chi connectivity index (χ1v) is 6.20. The summed E-state index contributed by atoms with van der Waals surface area (Å²) in [6.07, 6.45) is 3.02. The topological polar surface area (TPSA) is 78.9 Å². The van der Waals surface area contributed by atoms with Crippen LogP contribution in [0.25, 0.3) is 0 Å². The Bertz CT molecular complexity index is 594. The smallest absolute Gasteiger partial charge is 0.157 e. The molecule has 0 bridgehead atoms. The van der Waals surface area contributed by atoms with E-state index >= 15 is 0 Å². The highest BCUT2D eigenvalue weighted by atomic mass is 16.1. The van der Waals surface area contributed by atoms with Gasteiger partial charge in [0.1, 0.15) is 0 Å². The molecule has 0 heterocycles. The zero-order chi connectivity index (χ0) is 14.0. The van der Waals surface area contributed by atoms with Crippen LogP contribution in [0.2, 0.25) is 0 Å². The molecular formula is C15H17N3O. The Morgan fingerprint density at radius 3 is 2.68 bits per heavy atom. The van der Waals surface area contributed by atoms with Gasteiger partial charge >= 0.3 is 0 Å². The van der Waals surface area contributed by atoms with Crippen LogP contribution in [-0.2, 0) is 4.79 Å². The van der Waals surface area contributed by atoms with Gasteiger partial charge in [0.25, 0.3) is 0 Å². The Kier molecular flexibility index (Phi) is 3.30. The van der Waals surface area contributed by atoms with E-state index in [1.54, 1.807) is 24.3 Å². The third kappa shape index (κ3) is 3.14. The molecule has 98 valence electrons. The summed E-state index contributed by atoms with van der Waals surface area (Å²) in [6, 6.07) is 7.13. The molecule has 19 heavy (non-hydrogen) atoms. The van der Waals surface area contributed by atoms with Crippen LogP contribution >= 0.6 is 0 Å². The molecule has 0 aliphatic heterocycles. The molecule has 2 rings (SSSR count). The molecule has 1 aromatic rings. The lowest BCUT2D eigenvalue weighted by molar-refractivity contribution is -0.117. The van der Waals surface area contributed by atoms with E-state index in [4.69, 9.17) is 11.0 Å². The van der Waals surface area contributed by atoms with Crippen molar-refractivity contribution in [2.24, 2.45) is 5.41 Å². The van der Waals surface area contributed by atoms with E-state index in [0.29, 0.717) is 17.7 Å². The molecule has 0 amide bonds. The number of ketones is 1. The number of allylic oxidation sites excluding steroid dienone is 2. The number of nitriles is 1. The maximum absolute atomic E-state index is 11.7. The Labute approximate surface area is 112 Å². The van der Waals surface area contributed by atoms with Crippen molar-refractivity contribution in [3.05, 3.63) is 35.5 Å². The van der Waals surface area contributed by atoms with Gasteiger partial charge in [-0.05, 0) is 30.0 Å². The second-order valence-corrected chi connectivity index (χ2v) is 5.69. The van der Waals surface area contributed by atoms with E-state index in [-0.39, 0.29) is 11.2 Å². The van der Waals surface area contributed by atoms with Crippen molar-refractivity contribution in [3.8, 4) is 6.07 Å². The first-order chi connectivity index (χ1) is 8.89. The minimum absolute atomic E-state index is 0.0322. The standard InChI is InChI=1S/C15H17N3O/c1-15(2)7-11(6-12(19)8-15)18-14-4-3-10(9-16)5-13(14)17/h3-6,18H,7-8,17H2,1-2H3. The molecule has 3 N–H and O–H groups in total. The van der Waals surface area contributed by atoms with E-state index in [2.05, 4.69) is 19.2 Å². The number of nitrogens with two attached hydrogens (primary N) is 1. The number of rotatable bonds is 2. The normalized spacial score (nSPS) is 17.5. The monoisotopic (exact) mass is 255 g/mol. The van der Waals surface area contributed by atoms with Gasteiger partial charge in [0.15, 0.2) is 5.78 Å². The largest absolute Gasteiger partial charge is 0.397 e. The van der Waals surface area contributed by atoms with Crippen LogP contribution in [0.15, 0.2) is 30.0 Å². The number of nitrogens with zero attached hydrogens (tertiary/aromatic N) is 1. The number of hydrogen-bond acceptors (Lipinski definition) is 4. The van der Waals surface area contributed by atoms with Gasteiger partial charge in [-0.2, -0.15) is 5.26 Å². The zero-order valence-electron chi connectivity index (χ0n) is 11.2. The minimum Gasteiger partial charge on any atom is -0.397 e. The van der Waals surface area contributed by atoms with Gasteiger partial charge < -0.3 is 11.1 Å². The van der Waals surface area contributed by atoms with Crippen molar-refractivity contribution in [2.45, 2.75) is 26.7 Å². The van der Waals surface area contributed by atoms with E-state index in [1.807, 2.05) is 6.07 Å². The van der Waals surface area contributed by atoms with Gasteiger partial charge in [0.2, 0.25) is 0 Å². The predicted octanol–water partition coefficient (Wildman–Crippen LogP) is 2.83. The SMILES string of the molecule is CC1(C)CC(=O)C=C(Nc2ccc(C#N)cc2N)C1.